The first-order valence-electron chi connectivity index (χ1n) is 13.2. The van der Waals surface area contributed by atoms with Gasteiger partial charge in [-0.1, -0.05) is 119 Å². The van der Waals surface area contributed by atoms with Crippen LogP contribution in [0, 0.1) is 0 Å². The van der Waals surface area contributed by atoms with E-state index in [0.717, 1.165) is 0 Å². The Labute approximate surface area is 213 Å². The molecule has 0 aliphatic heterocycles. The van der Waals surface area contributed by atoms with E-state index in [9.17, 15) is 0 Å². The predicted molar refractivity (Wildman–Crippen MR) is 157 cm³/mol. The van der Waals surface area contributed by atoms with Gasteiger partial charge in [0, 0.05) is 0 Å². The van der Waals surface area contributed by atoms with Crippen LogP contribution in [0.3, 0.4) is 0 Å². The molecule has 174 valence electrons. The molecular weight excluding hydrogens is 432 g/mol. The number of benzene rings is 6. The summed E-state index contributed by atoms with van der Waals surface area (Å²) >= 11 is 0. The largest absolute Gasteiger partial charge is 0.0616 e. The number of hydrogen-bond donors (Lipinski definition) is 0. The van der Waals surface area contributed by atoms with Crippen LogP contribution in [-0.2, 0) is 0 Å². The maximum absolute atomic E-state index is 2.40. The molecule has 1 aliphatic carbocycles. The minimum atomic E-state index is 0.439. The molecule has 0 unspecified atom stereocenters. The minimum absolute atomic E-state index is 0.439. The molecular formula is C36H30. The summed E-state index contributed by atoms with van der Waals surface area (Å²) in [5.74, 6) is 0.878. The molecule has 1 aliphatic rings. The quantitative estimate of drug-likeness (QED) is 0.245. The number of rotatable bonds is 3. The van der Waals surface area contributed by atoms with Crippen molar-refractivity contribution in [3.8, 4) is 33.4 Å². The Morgan fingerprint density at radius 3 is 1.67 bits per heavy atom. The molecule has 0 heteroatoms. The van der Waals surface area contributed by atoms with Crippen LogP contribution >= 0.6 is 0 Å². The van der Waals surface area contributed by atoms with E-state index >= 15 is 0 Å². The molecule has 6 aromatic rings. The van der Waals surface area contributed by atoms with Gasteiger partial charge < -0.3 is 0 Å². The van der Waals surface area contributed by atoms with Gasteiger partial charge in [-0.3, -0.25) is 0 Å². The van der Waals surface area contributed by atoms with Gasteiger partial charge in [-0.25, -0.2) is 0 Å². The van der Waals surface area contributed by atoms with Crippen LogP contribution in [0.15, 0.2) is 97.1 Å². The molecule has 36 heavy (non-hydrogen) atoms. The summed E-state index contributed by atoms with van der Waals surface area (Å²) in [6.45, 7) is 9.39. The summed E-state index contributed by atoms with van der Waals surface area (Å²) in [7, 11) is 0. The second-order valence-electron chi connectivity index (χ2n) is 10.9. The van der Waals surface area contributed by atoms with Crippen molar-refractivity contribution < 1.29 is 0 Å². The topological polar surface area (TPSA) is 0 Å². The predicted octanol–water partition coefficient (Wildman–Crippen LogP) is 10.7. The fourth-order valence-electron chi connectivity index (χ4n) is 6.68. The Balaban J connectivity index is 1.61. The Kier molecular flexibility index (Phi) is 4.63. The molecule has 7 rings (SSSR count). The summed E-state index contributed by atoms with van der Waals surface area (Å²) < 4.78 is 0. The van der Waals surface area contributed by atoms with E-state index in [1.807, 2.05) is 0 Å². The molecule has 0 heterocycles. The van der Waals surface area contributed by atoms with Crippen LogP contribution in [0.25, 0.3) is 65.7 Å². The highest BCUT2D eigenvalue weighted by atomic mass is 14.3. The molecule has 0 bridgehead atoms. The first-order chi connectivity index (χ1) is 17.5. The van der Waals surface area contributed by atoms with Crippen molar-refractivity contribution in [2.75, 3.05) is 0 Å². The first kappa shape index (κ1) is 21.4. The SMILES string of the molecule is CC(C)c1c2c(c(C(C)C)c3ccccc13)-c1ccc(-c3ccc4ccccc4c3)c3cccc-2c13. The molecule has 0 nitrogen and oxygen atoms in total. The van der Waals surface area contributed by atoms with Gasteiger partial charge in [0.15, 0.2) is 0 Å². The molecule has 6 aromatic carbocycles. The average molecular weight is 463 g/mol. The highest BCUT2D eigenvalue weighted by Crippen LogP contribution is 2.56. The minimum Gasteiger partial charge on any atom is -0.0616 e. The highest BCUT2D eigenvalue weighted by Gasteiger charge is 2.31. The molecule has 0 amide bonds. The molecule has 0 atom stereocenters. The third-order valence-corrected chi connectivity index (χ3v) is 8.09. The van der Waals surface area contributed by atoms with Crippen LogP contribution in [0.4, 0.5) is 0 Å². The van der Waals surface area contributed by atoms with E-state index in [4.69, 9.17) is 0 Å². The van der Waals surface area contributed by atoms with Crippen molar-refractivity contribution in [2.45, 2.75) is 39.5 Å². The van der Waals surface area contributed by atoms with Gasteiger partial charge in [0.1, 0.15) is 0 Å². The Bertz CT molecular complexity index is 1770. The van der Waals surface area contributed by atoms with Crippen LogP contribution in [0.2, 0.25) is 0 Å². The van der Waals surface area contributed by atoms with Crippen LogP contribution in [-0.4, -0.2) is 0 Å². The fraction of sp³-hybridized carbons (Fsp3) is 0.167. The van der Waals surface area contributed by atoms with Gasteiger partial charge >= 0.3 is 0 Å². The van der Waals surface area contributed by atoms with E-state index in [1.165, 1.54) is 76.8 Å². The summed E-state index contributed by atoms with van der Waals surface area (Å²) in [6, 6.07) is 36.3. The monoisotopic (exact) mass is 462 g/mol. The zero-order valence-corrected chi connectivity index (χ0v) is 21.4. The van der Waals surface area contributed by atoms with E-state index < -0.39 is 0 Å². The highest BCUT2D eigenvalue weighted by molar-refractivity contribution is 6.22. The normalized spacial score (nSPS) is 12.4. The lowest BCUT2D eigenvalue weighted by atomic mass is 9.80. The van der Waals surface area contributed by atoms with Gasteiger partial charge in [0.25, 0.3) is 0 Å². The number of fused-ring (bicyclic) bond motifs is 5. The molecule has 0 spiro atoms. The van der Waals surface area contributed by atoms with Crippen molar-refractivity contribution in [3.63, 3.8) is 0 Å². The molecule has 0 saturated carbocycles. The maximum atomic E-state index is 2.40. The third kappa shape index (κ3) is 2.88. The van der Waals surface area contributed by atoms with Crippen molar-refractivity contribution in [2.24, 2.45) is 0 Å². The summed E-state index contributed by atoms with van der Waals surface area (Å²) in [5, 5.41) is 8.16. The van der Waals surface area contributed by atoms with E-state index in [2.05, 4.69) is 125 Å². The summed E-state index contributed by atoms with van der Waals surface area (Å²) in [4.78, 5) is 0. The zero-order chi connectivity index (χ0) is 24.6. The van der Waals surface area contributed by atoms with E-state index in [1.54, 1.807) is 0 Å². The molecule has 0 saturated heterocycles. The second kappa shape index (κ2) is 7.80. The Morgan fingerprint density at radius 2 is 1.00 bits per heavy atom. The summed E-state index contributed by atoms with van der Waals surface area (Å²) in [6.07, 6.45) is 0. The zero-order valence-electron chi connectivity index (χ0n) is 21.4. The van der Waals surface area contributed by atoms with Gasteiger partial charge in [-0.15, -0.1) is 0 Å². The lowest BCUT2D eigenvalue weighted by Crippen LogP contribution is -2.01. The van der Waals surface area contributed by atoms with Gasteiger partial charge in [0.2, 0.25) is 0 Å². The first-order valence-corrected chi connectivity index (χ1v) is 13.2. The number of hydrogen-bond acceptors (Lipinski definition) is 0. The van der Waals surface area contributed by atoms with Gasteiger partial charge in [-0.05, 0) is 94.7 Å². The second-order valence-corrected chi connectivity index (χ2v) is 10.9. The van der Waals surface area contributed by atoms with Crippen LogP contribution in [0.1, 0.15) is 50.7 Å². The molecule has 0 aromatic heterocycles. The third-order valence-electron chi connectivity index (χ3n) is 8.09. The smallest absolute Gasteiger partial charge is 0.00199 e. The van der Waals surface area contributed by atoms with Gasteiger partial charge in [-0.2, -0.15) is 0 Å². The van der Waals surface area contributed by atoms with Crippen LogP contribution < -0.4 is 0 Å². The lowest BCUT2D eigenvalue weighted by Gasteiger charge is -2.23. The van der Waals surface area contributed by atoms with Crippen molar-refractivity contribution in [1.29, 1.82) is 0 Å². The molecule has 0 radical (unpaired) electrons. The summed E-state index contributed by atoms with van der Waals surface area (Å²) in [5.41, 5.74) is 11.3. The molecule has 0 N–H and O–H groups in total. The average Bonchev–Trinajstić information content (AvgIpc) is 3.22. The van der Waals surface area contributed by atoms with Crippen LogP contribution in [0.5, 0.6) is 0 Å². The lowest BCUT2D eigenvalue weighted by molar-refractivity contribution is 0.864. The Hall–Kier alpha value is -3.90. The Morgan fingerprint density at radius 1 is 0.444 bits per heavy atom. The van der Waals surface area contributed by atoms with Crippen molar-refractivity contribution in [3.05, 3.63) is 108 Å². The van der Waals surface area contributed by atoms with Gasteiger partial charge in [0.05, 0.1) is 0 Å². The maximum Gasteiger partial charge on any atom is -0.00199 e. The van der Waals surface area contributed by atoms with E-state index in [0.29, 0.717) is 11.8 Å². The van der Waals surface area contributed by atoms with Crippen molar-refractivity contribution in [1.82, 2.24) is 0 Å². The fourth-order valence-corrected chi connectivity index (χ4v) is 6.68. The van der Waals surface area contributed by atoms with Crippen molar-refractivity contribution >= 4 is 32.3 Å². The van der Waals surface area contributed by atoms with E-state index in [-0.39, 0.29) is 0 Å². The molecule has 0 fully saturated rings. The standard InChI is InChI=1S/C36H30/c1-21(2)32-28-12-7-8-13-29(28)33(22(3)4)36-31-19-18-26(27-14-9-15-30(34(27)31)35(32)36)25-17-16-23-10-5-6-11-24(23)20-25/h5-22H,1-4H3.